The SMILES string of the molecule is CC(C)(C)OC(=O)N1C[C@H](O[Si](C)(C)C(C)(C)C)C[C@H]1/C=C/[N+](=O)[O-]. The zero-order valence-electron chi connectivity index (χ0n) is 16.7. The molecule has 0 saturated carbocycles. The number of nitrogens with zero attached hydrogens (tertiary/aromatic N) is 2. The lowest BCUT2D eigenvalue weighted by molar-refractivity contribution is -0.402. The van der Waals surface area contributed by atoms with Crippen LogP contribution < -0.4 is 0 Å². The minimum atomic E-state index is -1.99. The van der Waals surface area contributed by atoms with Crippen LogP contribution in [0.4, 0.5) is 4.79 Å². The van der Waals surface area contributed by atoms with Crippen LogP contribution in [0, 0.1) is 10.1 Å². The van der Waals surface area contributed by atoms with E-state index in [1.807, 2.05) is 0 Å². The number of likely N-dealkylation sites (tertiary alicyclic amines) is 1. The zero-order valence-corrected chi connectivity index (χ0v) is 17.7. The fourth-order valence-corrected chi connectivity index (χ4v) is 3.74. The van der Waals surface area contributed by atoms with Gasteiger partial charge in [0.2, 0.25) is 6.20 Å². The molecule has 1 amide bonds. The Morgan fingerprint density at radius 3 is 2.24 bits per heavy atom. The molecule has 0 aromatic carbocycles. The van der Waals surface area contributed by atoms with E-state index in [4.69, 9.17) is 9.16 Å². The van der Waals surface area contributed by atoms with Gasteiger partial charge in [0.05, 0.1) is 17.1 Å². The Morgan fingerprint density at radius 2 is 1.80 bits per heavy atom. The molecule has 1 saturated heterocycles. The van der Waals surface area contributed by atoms with Crippen molar-refractivity contribution < 1.29 is 18.9 Å². The van der Waals surface area contributed by atoms with Crippen LogP contribution in [0.15, 0.2) is 12.3 Å². The average Bonchev–Trinajstić information content (AvgIpc) is 2.75. The third-order valence-corrected chi connectivity index (χ3v) is 9.17. The molecule has 0 radical (unpaired) electrons. The van der Waals surface area contributed by atoms with Crippen LogP contribution in [0.25, 0.3) is 0 Å². The quantitative estimate of drug-likeness (QED) is 0.420. The molecule has 0 aromatic heterocycles. The first kappa shape index (κ1) is 21.6. The molecule has 0 N–H and O–H groups in total. The number of amides is 1. The lowest BCUT2D eigenvalue weighted by Crippen LogP contribution is -2.45. The number of rotatable bonds is 4. The van der Waals surface area contributed by atoms with E-state index in [-0.39, 0.29) is 11.1 Å². The van der Waals surface area contributed by atoms with Gasteiger partial charge in [-0.2, -0.15) is 0 Å². The highest BCUT2D eigenvalue weighted by Crippen LogP contribution is 2.39. The Labute approximate surface area is 151 Å². The van der Waals surface area contributed by atoms with Crippen molar-refractivity contribution in [2.75, 3.05) is 6.54 Å². The van der Waals surface area contributed by atoms with Crippen LogP contribution in [0.5, 0.6) is 0 Å². The molecule has 1 aliphatic heterocycles. The summed E-state index contributed by atoms with van der Waals surface area (Å²) in [6, 6.07) is -0.394. The maximum absolute atomic E-state index is 12.5. The van der Waals surface area contributed by atoms with Crippen LogP contribution >= 0.6 is 0 Å². The first-order chi connectivity index (χ1) is 11.1. The van der Waals surface area contributed by atoms with Gasteiger partial charge in [-0.05, 0) is 45.3 Å². The van der Waals surface area contributed by atoms with Crippen LogP contribution in [-0.4, -0.2) is 48.5 Å². The zero-order chi connectivity index (χ0) is 19.6. The van der Waals surface area contributed by atoms with Gasteiger partial charge < -0.3 is 9.16 Å². The van der Waals surface area contributed by atoms with E-state index >= 15 is 0 Å². The fourth-order valence-electron chi connectivity index (χ4n) is 2.39. The summed E-state index contributed by atoms with van der Waals surface area (Å²) < 4.78 is 11.8. The molecule has 0 bridgehead atoms. The fraction of sp³-hybridized carbons (Fsp3) is 0.824. The van der Waals surface area contributed by atoms with Gasteiger partial charge >= 0.3 is 6.09 Å². The van der Waals surface area contributed by atoms with Gasteiger partial charge in [0.15, 0.2) is 8.32 Å². The summed E-state index contributed by atoms with van der Waals surface area (Å²) in [6.45, 7) is 16.6. The second-order valence-corrected chi connectivity index (χ2v) is 13.8. The molecule has 144 valence electrons. The highest BCUT2D eigenvalue weighted by molar-refractivity contribution is 6.74. The van der Waals surface area contributed by atoms with Crippen molar-refractivity contribution >= 4 is 14.4 Å². The second-order valence-electron chi connectivity index (χ2n) is 9.06. The highest BCUT2D eigenvalue weighted by Gasteiger charge is 2.44. The van der Waals surface area contributed by atoms with Gasteiger partial charge in [0, 0.05) is 12.6 Å². The van der Waals surface area contributed by atoms with Gasteiger partial charge in [0.1, 0.15) is 5.60 Å². The number of hydrogen-bond acceptors (Lipinski definition) is 5. The van der Waals surface area contributed by atoms with Crippen molar-refractivity contribution in [3.63, 3.8) is 0 Å². The molecule has 0 spiro atoms. The summed E-state index contributed by atoms with van der Waals surface area (Å²) in [5.74, 6) is 0. The molecule has 1 heterocycles. The minimum absolute atomic E-state index is 0.0541. The van der Waals surface area contributed by atoms with Crippen LogP contribution in [0.3, 0.4) is 0 Å². The summed E-state index contributed by atoms with van der Waals surface area (Å²) in [5, 5.41) is 10.7. The minimum Gasteiger partial charge on any atom is -0.444 e. The number of carbonyl (C=O) groups is 1. The molecular weight excluding hydrogens is 340 g/mol. The topological polar surface area (TPSA) is 81.9 Å². The van der Waals surface area contributed by atoms with Crippen molar-refractivity contribution in [3.05, 3.63) is 22.4 Å². The molecule has 25 heavy (non-hydrogen) atoms. The summed E-state index contributed by atoms with van der Waals surface area (Å²) in [5.41, 5.74) is -0.618. The molecule has 1 rings (SSSR count). The van der Waals surface area contributed by atoms with Crippen molar-refractivity contribution in [1.29, 1.82) is 0 Å². The number of ether oxygens (including phenoxy) is 1. The monoisotopic (exact) mass is 372 g/mol. The smallest absolute Gasteiger partial charge is 0.410 e. The van der Waals surface area contributed by atoms with E-state index in [1.54, 1.807) is 20.8 Å². The Bertz CT molecular complexity index is 534. The average molecular weight is 373 g/mol. The van der Waals surface area contributed by atoms with Gasteiger partial charge in [0.25, 0.3) is 0 Å². The molecular formula is C17H32N2O5Si. The molecule has 2 atom stereocenters. The van der Waals surface area contributed by atoms with E-state index < -0.39 is 31.0 Å². The lowest BCUT2D eigenvalue weighted by Gasteiger charge is -2.38. The maximum Gasteiger partial charge on any atom is 0.410 e. The Morgan fingerprint density at radius 1 is 1.24 bits per heavy atom. The second kappa shape index (κ2) is 7.45. The van der Waals surface area contributed by atoms with E-state index in [0.29, 0.717) is 13.0 Å². The molecule has 8 heteroatoms. The third kappa shape index (κ3) is 6.43. The van der Waals surface area contributed by atoms with Gasteiger partial charge in [-0.1, -0.05) is 20.8 Å². The Kier molecular flexibility index (Phi) is 6.45. The first-order valence-corrected chi connectivity index (χ1v) is 11.5. The number of carbonyl (C=O) groups excluding carboxylic acids is 1. The Balaban J connectivity index is 2.94. The van der Waals surface area contributed by atoms with Gasteiger partial charge in [-0.25, -0.2) is 4.79 Å². The molecule has 1 fully saturated rings. The van der Waals surface area contributed by atoms with Crippen LogP contribution in [-0.2, 0) is 9.16 Å². The van der Waals surface area contributed by atoms with Crippen molar-refractivity contribution in [2.24, 2.45) is 0 Å². The highest BCUT2D eigenvalue weighted by atomic mass is 28.4. The van der Waals surface area contributed by atoms with Crippen LogP contribution in [0.1, 0.15) is 48.0 Å². The molecule has 7 nitrogen and oxygen atoms in total. The van der Waals surface area contributed by atoms with Gasteiger partial charge in [-0.3, -0.25) is 15.0 Å². The predicted octanol–water partition coefficient (Wildman–Crippen LogP) is 4.18. The van der Waals surface area contributed by atoms with Gasteiger partial charge in [-0.15, -0.1) is 0 Å². The molecule has 0 unspecified atom stereocenters. The van der Waals surface area contributed by atoms with E-state index in [1.165, 1.54) is 11.0 Å². The summed E-state index contributed by atoms with van der Waals surface area (Å²) in [7, 11) is -1.99. The van der Waals surface area contributed by atoms with Crippen molar-refractivity contribution in [1.82, 2.24) is 4.90 Å². The first-order valence-electron chi connectivity index (χ1n) is 8.61. The third-order valence-electron chi connectivity index (χ3n) is 4.63. The Hall–Kier alpha value is -1.41. The summed E-state index contributed by atoms with van der Waals surface area (Å²) >= 11 is 0. The largest absolute Gasteiger partial charge is 0.444 e. The van der Waals surface area contributed by atoms with Crippen LogP contribution in [0.2, 0.25) is 18.1 Å². The predicted molar refractivity (Wildman–Crippen MR) is 99.5 cm³/mol. The number of nitro groups is 1. The summed E-state index contributed by atoms with van der Waals surface area (Å²) in [4.78, 5) is 24.2. The van der Waals surface area contributed by atoms with E-state index in [2.05, 4.69) is 33.9 Å². The molecule has 0 aliphatic carbocycles. The standard InChI is InChI=1S/C17H32N2O5Si/c1-16(2,3)23-15(20)18-12-14(11-13(18)9-10-19(21)22)24-25(7,8)17(4,5)6/h9-10,13-14H,11-12H2,1-8H3/b10-9+/t13-,14-/m1/s1. The molecule has 1 aliphatic rings. The normalized spacial score (nSPS) is 22.5. The van der Waals surface area contributed by atoms with E-state index in [9.17, 15) is 14.9 Å². The number of hydrogen-bond donors (Lipinski definition) is 0. The lowest BCUT2D eigenvalue weighted by atomic mass is 10.2. The summed E-state index contributed by atoms with van der Waals surface area (Å²) in [6.07, 6.45) is 2.26. The van der Waals surface area contributed by atoms with E-state index in [0.717, 1.165) is 6.20 Å². The van der Waals surface area contributed by atoms with Crippen molar-refractivity contribution in [2.45, 2.75) is 83.8 Å². The maximum atomic E-state index is 12.5. The van der Waals surface area contributed by atoms with Crippen molar-refractivity contribution in [3.8, 4) is 0 Å². The molecule has 0 aromatic rings.